The topological polar surface area (TPSA) is 75.2 Å². The van der Waals surface area contributed by atoms with Crippen LogP contribution in [0.15, 0.2) is 30.3 Å². The molecule has 1 atom stereocenters. The maximum absolute atomic E-state index is 12.6. The summed E-state index contributed by atoms with van der Waals surface area (Å²) in [6.45, 7) is 0.540. The Morgan fingerprint density at radius 3 is 2.71 bits per heavy atom. The molecule has 6 nitrogen and oxygen atoms in total. The molecule has 1 aliphatic carbocycles. The highest BCUT2D eigenvalue weighted by Crippen LogP contribution is 2.30. The molecule has 0 radical (unpaired) electrons. The van der Waals surface area contributed by atoms with Crippen LogP contribution in [0.25, 0.3) is 0 Å². The quantitative estimate of drug-likeness (QED) is 0.775. The van der Waals surface area contributed by atoms with E-state index in [1.54, 1.807) is 0 Å². The Bertz CT molecular complexity index is 817. The van der Waals surface area contributed by atoms with Crippen molar-refractivity contribution in [1.29, 1.82) is 0 Å². The number of nitrogens with zero attached hydrogens (tertiary/aromatic N) is 3. The first-order chi connectivity index (χ1) is 13.7. The number of hydrogen-bond acceptors (Lipinski definition) is 5. The van der Waals surface area contributed by atoms with Gasteiger partial charge in [-0.2, -0.15) is 0 Å². The van der Waals surface area contributed by atoms with Gasteiger partial charge in [0.15, 0.2) is 0 Å². The summed E-state index contributed by atoms with van der Waals surface area (Å²) in [5.74, 6) is -0.273. The molecule has 2 fully saturated rings. The molecule has 148 valence electrons. The third kappa shape index (κ3) is 4.58. The fourth-order valence-electron chi connectivity index (χ4n) is 4.18. The highest BCUT2D eigenvalue weighted by molar-refractivity contribution is 7.15. The summed E-state index contributed by atoms with van der Waals surface area (Å²) in [5, 5.41) is 12.6. The Morgan fingerprint density at radius 1 is 1.14 bits per heavy atom. The van der Waals surface area contributed by atoms with Gasteiger partial charge >= 0.3 is 0 Å². The van der Waals surface area contributed by atoms with Gasteiger partial charge < -0.3 is 10.2 Å². The smallest absolute Gasteiger partial charge is 0.231 e. The van der Waals surface area contributed by atoms with Crippen molar-refractivity contribution < 1.29 is 9.59 Å². The lowest BCUT2D eigenvalue weighted by Gasteiger charge is -2.23. The Morgan fingerprint density at radius 2 is 1.93 bits per heavy atom. The fourth-order valence-corrected chi connectivity index (χ4v) is 4.96. The molecule has 0 unspecified atom stereocenters. The average Bonchev–Trinajstić information content (AvgIpc) is 3.44. The molecule has 7 heteroatoms. The lowest BCUT2D eigenvalue weighted by Crippen LogP contribution is -2.35. The lowest BCUT2D eigenvalue weighted by molar-refractivity contribution is -0.129. The van der Waals surface area contributed by atoms with Gasteiger partial charge in [0.25, 0.3) is 0 Å². The van der Waals surface area contributed by atoms with Crippen LogP contribution in [0.2, 0.25) is 0 Å². The molecule has 1 saturated carbocycles. The number of anilines is 1. The normalized spacial score (nSPS) is 20.1. The summed E-state index contributed by atoms with van der Waals surface area (Å²) >= 11 is 1.43. The maximum atomic E-state index is 12.6. The highest BCUT2D eigenvalue weighted by Gasteiger charge is 2.38. The molecule has 1 saturated heterocycles. The van der Waals surface area contributed by atoms with Crippen molar-refractivity contribution in [3.63, 3.8) is 0 Å². The molecule has 0 spiro atoms. The highest BCUT2D eigenvalue weighted by atomic mass is 32.1. The van der Waals surface area contributed by atoms with Crippen molar-refractivity contribution in [2.45, 2.75) is 57.4 Å². The number of benzene rings is 1. The Labute approximate surface area is 169 Å². The lowest BCUT2D eigenvalue weighted by atomic mass is 10.1. The predicted octanol–water partition coefficient (Wildman–Crippen LogP) is 3.44. The van der Waals surface area contributed by atoms with Crippen LogP contribution < -0.4 is 5.32 Å². The van der Waals surface area contributed by atoms with Crippen molar-refractivity contribution in [2.75, 3.05) is 11.9 Å². The van der Waals surface area contributed by atoms with Gasteiger partial charge in [0.05, 0.1) is 5.92 Å². The summed E-state index contributed by atoms with van der Waals surface area (Å²) in [7, 11) is 0. The number of nitrogens with one attached hydrogen (secondary N) is 1. The second-order valence-corrected chi connectivity index (χ2v) is 8.78. The second-order valence-electron chi connectivity index (χ2n) is 7.71. The zero-order chi connectivity index (χ0) is 19.3. The van der Waals surface area contributed by atoms with Gasteiger partial charge in [0.1, 0.15) is 5.01 Å². The van der Waals surface area contributed by atoms with E-state index in [9.17, 15) is 9.59 Å². The van der Waals surface area contributed by atoms with Crippen LogP contribution in [0.3, 0.4) is 0 Å². The zero-order valence-electron chi connectivity index (χ0n) is 16.0. The van der Waals surface area contributed by atoms with E-state index >= 15 is 0 Å². The molecule has 2 aromatic rings. The van der Waals surface area contributed by atoms with Crippen LogP contribution in [-0.2, 0) is 22.4 Å². The molecular formula is C21H26N4O2S. The van der Waals surface area contributed by atoms with Crippen LogP contribution in [0, 0.1) is 5.92 Å². The SMILES string of the molecule is O=C(Nc1nnc(CCCc2ccccc2)s1)[C@@H]1CC(=O)N(C2CCCC2)C1. The van der Waals surface area contributed by atoms with E-state index < -0.39 is 0 Å². The molecule has 28 heavy (non-hydrogen) atoms. The molecule has 1 N–H and O–H groups in total. The van der Waals surface area contributed by atoms with Gasteiger partial charge in [-0.1, -0.05) is 54.5 Å². The molecule has 4 rings (SSSR count). The zero-order valence-corrected chi connectivity index (χ0v) is 16.8. The van der Waals surface area contributed by atoms with Gasteiger partial charge in [0.2, 0.25) is 16.9 Å². The largest absolute Gasteiger partial charge is 0.339 e. The molecule has 2 amide bonds. The van der Waals surface area contributed by atoms with Crippen molar-refractivity contribution in [2.24, 2.45) is 5.92 Å². The molecule has 0 bridgehead atoms. The Balaban J connectivity index is 1.25. The number of rotatable bonds is 7. The molecular weight excluding hydrogens is 372 g/mol. The van der Waals surface area contributed by atoms with E-state index in [0.29, 0.717) is 24.1 Å². The number of carbonyl (C=O) groups excluding carboxylic acids is 2. The summed E-state index contributed by atoms with van der Waals surface area (Å²) < 4.78 is 0. The van der Waals surface area contributed by atoms with E-state index in [4.69, 9.17) is 0 Å². The van der Waals surface area contributed by atoms with Crippen LogP contribution in [-0.4, -0.2) is 39.5 Å². The van der Waals surface area contributed by atoms with E-state index in [1.807, 2.05) is 11.0 Å². The molecule has 2 heterocycles. The number of aryl methyl sites for hydroxylation is 2. The monoisotopic (exact) mass is 398 g/mol. The summed E-state index contributed by atoms with van der Waals surface area (Å²) in [5.41, 5.74) is 1.32. The Hall–Kier alpha value is -2.28. The first kappa shape index (κ1) is 19.1. The maximum Gasteiger partial charge on any atom is 0.231 e. The van der Waals surface area contributed by atoms with E-state index in [2.05, 4.69) is 39.8 Å². The number of carbonyl (C=O) groups is 2. The van der Waals surface area contributed by atoms with Gasteiger partial charge in [-0.3, -0.25) is 9.59 Å². The van der Waals surface area contributed by atoms with Crippen molar-refractivity contribution in [1.82, 2.24) is 15.1 Å². The van der Waals surface area contributed by atoms with Gasteiger partial charge in [-0.15, -0.1) is 10.2 Å². The third-order valence-electron chi connectivity index (χ3n) is 5.69. The van der Waals surface area contributed by atoms with Crippen molar-refractivity contribution >= 4 is 28.3 Å². The summed E-state index contributed by atoms with van der Waals surface area (Å²) in [6, 6.07) is 10.7. The third-order valence-corrected chi connectivity index (χ3v) is 6.59. The van der Waals surface area contributed by atoms with E-state index in [1.165, 1.54) is 29.7 Å². The van der Waals surface area contributed by atoms with E-state index in [-0.39, 0.29) is 17.7 Å². The van der Waals surface area contributed by atoms with Crippen LogP contribution in [0.5, 0.6) is 0 Å². The predicted molar refractivity (Wildman–Crippen MR) is 109 cm³/mol. The summed E-state index contributed by atoms with van der Waals surface area (Å²) in [6.07, 6.45) is 7.67. The number of aromatic nitrogens is 2. The van der Waals surface area contributed by atoms with Crippen LogP contribution >= 0.6 is 11.3 Å². The summed E-state index contributed by atoms with van der Waals surface area (Å²) in [4.78, 5) is 26.8. The number of amides is 2. The standard InChI is InChI=1S/C21H26N4O2S/c26-19-13-16(14-25(19)17-10-4-5-11-17)20(27)22-21-24-23-18(28-21)12-6-9-15-7-2-1-3-8-15/h1-3,7-8,16-17H,4-6,9-14H2,(H,22,24,27)/t16-/m1/s1. The first-order valence-electron chi connectivity index (χ1n) is 10.2. The minimum absolute atomic E-state index is 0.110. The van der Waals surface area contributed by atoms with Gasteiger partial charge in [-0.25, -0.2) is 0 Å². The minimum atomic E-state index is -0.279. The van der Waals surface area contributed by atoms with Crippen molar-refractivity contribution in [3.05, 3.63) is 40.9 Å². The number of likely N-dealkylation sites (tertiary alicyclic amines) is 1. The van der Waals surface area contributed by atoms with Gasteiger partial charge in [0, 0.05) is 25.4 Å². The van der Waals surface area contributed by atoms with E-state index in [0.717, 1.165) is 37.1 Å². The first-order valence-corrected chi connectivity index (χ1v) is 11.0. The fraction of sp³-hybridized carbons (Fsp3) is 0.524. The molecule has 1 aromatic heterocycles. The van der Waals surface area contributed by atoms with Crippen molar-refractivity contribution in [3.8, 4) is 0 Å². The second kappa shape index (κ2) is 8.82. The Kier molecular flexibility index (Phi) is 6.00. The average molecular weight is 399 g/mol. The molecule has 1 aromatic carbocycles. The van der Waals surface area contributed by atoms with Gasteiger partial charge in [-0.05, 0) is 31.2 Å². The molecule has 2 aliphatic rings. The number of hydrogen-bond donors (Lipinski definition) is 1. The van der Waals surface area contributed by atoms with Crippen LogP contribution in [0.1, 0.15) is 49.1 Å². The minimum Gasteiger partial charge on any atom is -0.339 e. The van der Waals surface area contributed by atoms with Crippen LogP contribution in [0.4, 0.5) is 5.13 Å². The molecule has 1 aliphatic heterocycles.